The molecule has 1 aromatic carbocycles. The lowest BCUT2D eigenvalue weighted by atomic mass is 9.82. The standard InChI is InChI=1S/C14H19N3OS/c15-10-4-5-11-12(8-10)19-13(16-11)17-14(9-18)6-2-1-3-7-14/h4-5,8,18H,1-3,6-7,9,15H2,(H,16,17). The number of benzene rings is 1. The summed E-state index contributed by atoms with van der Waals surface area (Å²) >= 11 is 1.61. The molecule has 0 atom stereocenters. The second-order valence-corrected chi connectivity index (χ2v) is 6.40. The van der Waals surface area contributed by atoms with E-state index in [1.54, 1.807) is 11.3 Å². The zero-order chi connectivity index (χ0) is 13.3. The first-order valence-electron chi connectivity index (χ1n) is 6.76. The highest BCUT2D eigenvalue weighted by Gasteiger charge is 2.32. The van der Waals surface area contributed by atoms with Gasteiger partial charge in [0.2, 0.25) is 0 Å². The Labute approximate surface area is 116 Å². The van der Waals surface area contributed by atoms with Gasteiger partial charge in [0.25, 0.3) is 0 Å². The lowest BCUT2D eigenvalue weighted by molar-refractivity contribution is 0.173. The molecule has 3 rings (SSSR count). The fourth-order valence-corrected chi connectivity index (χ4v) is 3.81. The van der Waals surface area contributed by atoms with Crippen LogP contribution in [0.5, 0.6) is 0 Å². The Morgan fingerprint density at radius 2 is 2.11 bits per heavy atom. The summed E-state index contributed by atoms with van der Waals surface area (Å²) in [5.74, 6) is 0. The van der Waals surface area contributed by atoms with Crippen molar-refractivity contribution in [3.63, 3.8) is 0 Å². The quantitative estimate of drug-likeness (QED) is 0.754. The number of nitrogens with zero attached hydrogens (tertiary/aromatic N) is 1. The van der Waals surface area contributed by atoms with E-state index in [9.17, 15) is 5.11 Å². The van der Waals surface area contributed by atoms with E-state index >= 15 is 0 Å². The first-order chi connectivity index (χ1) is 9.21. The van der Waals surface area contributed by atoms with E-state index in [-0.39, 0.29) is 12.1 Å². The number of thiazole rings is 1. The molecule has 0 radical (unpaired) electrons. The van der Waals surface area contributed by atoms with Gasteiger partial charge in [-0.2, -0.15) is 0 Å². The third-order valence-corrected chi connectivity index (χ3v) is 4.83. The summed E-state index contributed by atoms with van der Waals surface area (Å²) in [6.07, 6.45) is 5.64. The number of nitrogens with two attached hydrogens (primary N) is 1. The monoisotopic (exact) mass is 277 g/mol. The molecule has 0 amide bonds. The Morgan fingerprint density at radius 3 is 2.84 bits per heavy atom. The summed E-state index contributed by atoms with van der Waals surface area (Å²) in [6.45, 7) is 0.172. The molecule has 1 aliphatic carbocycles. The summed E-state index contributed by atoms with van der Waals surface area (Å²) < 4.78 is 1.09. The van der Waals surface area contributed by atoms with Crippen LogP contribution in [-0.2, 0) is 0 Å². The van der Waals surface area contributed by atoms with Crippen LogP contribution < -0.4 is 11.1 Å². The van der Waals surface area contributed by atoms with Crippen LogP contribution >= 0.6 is 11.3 Å². The van der Waals surface area contributed by atoms with Gasteiger partial charge in [0.05, 0.1) is 22.4 Å². The molecule has 1 heterocycles. The van der Waals surface area contributed by atoms with Crippen LogP contribution in [0.3, 0.4) is 0 Å². The van der Waals surface area contributed by atoms with Gasteiger partial charge in [0.15, 0.2) is 5.13 Å². The molecule has 0 aliphatic heterocycles. The fourth-order valence-electron chi connectivity index (χ4n) is 2.77. The summed E-state index contributed by atoms with van der Waals surface area (Å²) in [5.41, 5.74) is 7.33. The van der Waals surface area contributed by atoms with Gasteiger partial charge < -0.3 is 16.2 Å². The van der Waals surface area contributed by atoms with Gasteiger partial charge in [-0.15, -0.1) is 0 Å². The van der Waals surface area contributed by atoms with Crippen molar-refractivity contribution in [2.45, 2.75) is 37.6 Å². The van der Waals surface area contributed by atoms with Crippen LogP contribution in [0.15, 0.2) is 18.2 Å². The summed E-state index contributed by atoms with van der Waals surface area (Å²) in [5, 5.41) is 14.1. The van der Waals surface area contributed by atoms with Crippen LogP contribution in [0.2, 0.25) is 0 Å². The number of hydrogen-bond acceptors (Lipinski definition) is 5. The normalized spacial score (nSPS) is 18.6. The molecule has 2 aromatic rings. The number of nitrogen functional groups attached to an aromatic ring is 1. The van der Waals surface area contributed by atoms with Crippen molar-refractivity contribution in [1.82, 2.24) is 4.98 Å². The molecule has 0 spiro atoms. The predicted molar refractivity (Wildman–Crippen MR) is 80.6 cm³/mol. The van der Waals surface area contributed by atoms with Crippen molar-refractivity contribution < 1.29 is 5.11 Å². The van der Waals surface area contributed by atoms with E-state index in [2.05, 4.69) is 10.3 Å². The lowest BCUT2D eigenvalue weighted by Gasteiger charge is -2.36. The molecule has 0 bridgehead atoms. The van der Waals surface area contributed by atoms with E-state index in [0.717, 1.165) is 33.9 Å². The van der Waals surface area contributed by atoms with E-state index in [1.165, 1.54) is 19.3 Å². The van der Waals surface area contributed by atoms with E-state index in [1.807, 2.05) is 18.2 Å². The lowest BCUT2D eigenvalue weighted by Crippen LogP contribution is -2.43. The minimum Gasteiger partial charge on any atom is -0.399 e. The van der Waals surface area contributed by atoms with Crippen LogP contribution in [0.25, 0.3) is 10.2 Å². The van der Waals surface area contributed by atoms with Gasteiger partial charge >= 0.3 is 0 Å². The van der Waals surface area contributed by atoms with E-state index in [0.29, 0.717) is 0 Å². The minimum absolute atomic E-state index is 0.172. The SMILES string of the molecule is Nc1ccc2nc(NC3(CO)CCCCC3)sc2c1. The van der Waals surface area contributed by atoms with Crippen molar-refractivity contribution in [2.75, 3.05) is 17.7 Å². The molecular weight excluding hydrogens is 258 g/mol. The highest BCUT2D eigenvalue weighted by molar-refractivity contribution is 7.22. The minimum atomic E-state index is -0.183. The third-order valence-electron chi connectivity index (χ3n) is 3.90. The van der Waals surface area contributed by atoms with Crippen molar-refractivity contribution >= 4 is 32.4 Å². The first-order valence-corrected chi connectivity index (χ1v) is 7.58. The third kappa shape index (κ3) is 2.53. The zero-order valence-corrected chi connectivity index (χ0v) is 11.7. The number of nitrogens with one attached hydrogen (secondary N) is 1. The van der Waals surface area contributed by atoms with Crippen LogP contribution in [-0.4, -0.2) is 22.2 Å². The molecule has 1 aromatic heterocycles. The van der Waals surface area contributed by atoms with Crippen molar-refractivity contribution in [3.05, 3.63) is 18.2 Å². The highest BCUT2D eigenvalue weighted by atomic mass is 32.1. The summed E-state index contributed by atoms with van der Waals surface area (Å²) in [4.78, 5) is 4.58. The molecule has 4 nitrogen and oxygen atoms in total. The number of anilines is 2. The number of aliphatic hydroxyl groups excluding tert-OH is 1. The fraction of sp³-hybridized carbons (Fsp3) is 0.500. The summed E-state index contributed by atoms with van der Waals surface area (Å²) in [6, 6.07) is 5.76. The largest absolute Gasteiger partial charge is 0.399 e. The van der Waals surface area contributed by atoms with E-state index < -0.39 is 0 Å². The number of rotatable bonds is 3. The topological polar surface area (TPSA) is 71.2 Å². The molecule has 1 fully saturated rings. The van der Waals surface area contributed by atoms with Crippen LogP contribution in [0.1, 0.15) is 32.1 Å². The smallest absolute Gasteiger partial charge is 0.184 e. The van der Waals surface area contributed by atoms with Crippen LogP contribution in [0.4, 0.5) is 10.8 Å². The molecule has 1 aliphatic rings. The molecule has 19 heavy (non-hydrogen) atoms. The van der Waals surface area contributed by atoms with Gasteiger partial charge in [-0.25, -0.2) is 4.98 Å². The van der Waals surface area contributed by atoms with Gasteiger partial charge in [0.1, 0.15) is 0 Å². The van der Waals surface area contributed by atoms with Gasteiger partial charge in [0, 0.05) is 5.69 Å². The number of fused-ring (bicyclic) bond motifs is 1. The average molecular weight is 277 g/mol. The number of hydrogen-bond donors (Lipinski definition) is 3. The van der Waals surface area contributed by atoms with Gasteiger partial charge in [-0.05, 0) is 31.0 Å². The average Bonchev–Trinajstić information content (AvgIpc) is 2.81. The van der Waals surface area contributed by atoms with Crippen molar-refractivity contribution in [1.29, 1.82) is 0 Å². The molecule has 4 N–H and O–H groups in total. The Hall–Kier alpha value is -1.33. The zero-order valence-electron chi connectivity index (χ0n) is 10.9. The summed E-state index contributed by atoms with van der Waals surface area (Å²) in [7, 11) is 0. The maximum absolute atomic E-state index is 9.72. The molecule has 0 unspecified atom stereocenters. The predicted octanol–water partition coefficient (Wildman–Crippen LogP) is 2.99. The molecule has 5 heteroatoms. The Bertz CT molecular complexity index is 575. The second-order valence-electron chi connectivity index (χ2n) is 5.37. The maximum Gasteiger partial charge on any atom is 0.184 e. The van der Waals surface area contributed by atoms with Crippen LogP contribution in [0, 0.1) is 0 Å². The second kappa shape index (κ2) is 4.98. The molecule has 0 saturated heterocycles. The Morgan fingerprint density at radius 1 is 1.32 bits per heavy atom. The first kappa shape index (κ1) is 12.7. The molecule has 1 saturated carbocycles. The van der Waals surface area contributed by atoms with Gasteiger partial charge in [-0.1, -0.05) is 30.6 Å². The number of aromatic nitrogens is 1. The molecular formula is C14H19N3OS. The Balaban J connectivity index is 1.87. The Kier molecular flexibility index (Phi) is 3.33. The van der Waals surface area contributed by atoms with Crippen molar-refractivity contribution in [2.24, 2.45) is 0 Å². The van der Waals surface area contributed by atoms with E-state index in [4.69, 9.17) is 5.73 Å². The van der Waals surface area contributed by atoms with Crippen molar-refractivity contribution in [3.8, 4) is 0 Å². The highest BCUT2D eigenvalue weighted by Crippen LogP contribution is 2.34. The molecule has 102 valence electrons. The maximum atomic E-state index is 9.72. The van der Waals surface area contributed by atoms with Gasteiger partial charge in [-0.3, -0.25) is 0 Å². The number of aliphatic hydroxyl groups is 1.